The van der Waals surface area contributed by atoms with E-state index in [4.69, 9.17) is 0 Å². The van der Waals surface area contributed by atoms with E-state index in [-0.39, 0.29) is 37.1 Å². The van der Waals surface area contributed by atoms with E-state index in [1.807, 2.05) is 0 Å². The van der Waals surface area contributed by atoms with Crippen LogP contribution in [0.1, 0.15) is 34.3 Å². The van der Waals surface area contributed by atoms with E-state index in [0.717, 1.165) is 29.2 Å². The number of aryl methyl sites for hydroxylation is 1. The quantitative estimate of drug-likeness (QED) is 0.631. The second kappa shape index (κ2) is 7.77. The number of rotatable bonds is 2. The minimum absolute atomic E-state index is 0.00149. The van der Waals surface area contributed by atoms with Gasteiger partial charge in [0.2, 0.25) is 0 Å². The zero-order valence-corrected chi connectivity index (χ0v) is 15.6. The topological polar surface area (TPSA) is 40.5 Å². The maximum Gasteiger partial charge on any atom is 0.430 e. The molecule has 0 atom stereocenters. The van der Waals surface area contributed by atoms with Crippen molar-refractivity contribution in [1.29, 1.82) is 0 Å². The Morgan fingerprint density at radius 3 is 2.03 bits per heavy atom. The van der Waals surface area contributed by atoms with E-state index in [2.05, 4.69) is 0 Å². The first-order valence-corrected chi connectivity index (χ1v) is 9.04. The van der Waals surface area contributed by atoms with Crippen molar-refractivity contribution in [2.75, 3.05) is 11.4 Å². The first kappa shape index (κ1) is 23.0. The van der Waals surface area contributed by atoms with Gasteiger partial charge in [0.25, 0.3) is 11.5 Å². The van der Waals surface area contributed by atoms with Gasteiger partial charge in [-0.1, -0.05) is 18.2 Å². The number of halogens is 8. The lowest BCUT2D eigenvalue weighted by Gasteiger charge is -2.33. The molecule has 0 saturated carbocycles. The lowest BCUT2D eigenvalue weighted by atomic mass is 9.89. The number of hydrogen-bond acceptors (Lipinski definition) is 2. The Labute approximate surface area is 170 Å². The molecule has 0 spiro atoms. The zero-order chi connectivity index (χ0) is 23.2. The fourth-order valence-corrected chi connectivity index (χ4v) is 3.52. The highest BCUT2D eigenvalue weighted by Crippen LogP contribution is 2.50. The molecule has 0 aliphatic carbocycles. The Balaban J connectivity index is 2.12. The van der Waals surface area contributed by atoms with E-state index in [1.54, 1.807) is 0 Å². The van der Waals surface area contributed by atoms with Gasteiger partial charge in [-0.15, -0.1) is 0 Å². The van der Waals surface area contributed by atoms with Crippen molar-refractivity contribution in [3.63, 3.8) is 0 Å². The Morgan fingerprint density at radius 1 is 0.903 bits per heavy atom. The van der Waals surface area contributed by atoms with Gasteiger partial charge in [0, 0.05) is 17.8 Å². The predicted octanol–water partition coefficient (Wildman–Crippen LogP) is 5.26. The van der Waals surface area contributed by atoms with Crippen molar-refractivity contribution in [2.45, 2.75) is 37.2 Å². The SMILES string of the molecule is O=C(c1c(F)cccc1F)N1CCCCc2cc(C(O)(C(F)(F)F)C(F)(F)F)ccc21. The minimum Gasteiger partial charge on any atom is -0.369 e. The molecule has 1 N–H and O–H groups in total. The van der Waals surface area contributed by atoms with E-state index in [9.17, 15) is 45.0 Å². The fraction of sp³-hybridized carbons (Fsp3) is 0.350. The van der Waals surface area contributed by atoms with E-state index in [0.29, 0.717) is 12.1 Å². The van der Waals surface area contributed by atoms with Crippen LogP contribution in [0.4, 0.5) is 40.8 Å². The van der Waals surface area contributed by atoms with Gasteiger partial charge in [0.05, 0.1) is 0 Å². The lowest BCUT2D eigenvalue weighted by Crippen LogP contribution is -2.54. The van der Waals surface area contributed by atoms with Crippen LogP contribution in [0.3, 0.4) is 0 Å². The van der Waals surface area contributed by atoms with Gasteiger partial charge < -0.3 is 10.0 Å². The summed E-state index contributed by atoms with van der Waals surface area (Å²) in [7, 11) is 0. The molecule has 0 bridgehead atoms. The van der Waals surface area contributed by atoms with Gasteiger partial charge in [0.1, 0.15) is 17.2 Å². The first-order valence-electron chi connectivity index (χ1n) is 9.04. The summed E-state index contributed by atoms with van der Waals surface area (Å²) >= 11 is 0. The minimum atomic E-state index is -6.06. The molecule has 0 aromatic heterocycles. The number of carbonyl (C=O) groups excluding carboxylic acids is 1. The maximum atomic E-state index is 14.0. The van der Waals surface area contributed by atoms with Gasteiger partial charge in [-0.25, -0.2) is 8.78 Å². The Kier molecular flexibility index (Phi) is 5.76. The molecule has 3 rings (SSSR count). The molecule has 2 aromatic carbocycles. The molecule has 0 radical (unpaired) electrons. The van der Waals surface area contributed by atoms with Crippen LogP contribution in [0.15, 0.2) is 36.4 Å². The highest BCUT2D eigenvalue weighted by molar-refractivity contribution is 6.07. The molecule has 3 nitrogen and oxygen atoms in total. The largest absolute Gasteiger partial charge is 0.430 e. The number of carbonyl (C=O) groups is 1. The number of amides is 1. The van der Waals surface area contributed by atoms with Crippen molar-refractivity contribution >= 4 is 11.6 Å². The third-order valence-corrected chi connectivity index (χ3v) is 5.11. The van der Waals surface area contributed by atoms with Gasteiger partial charge in [-0.05, 0) is 43.0 Å². The highest BCUT2D eigenvalue weighted by atomic mass is 19.4. The van der Waals surface area contributed by atoms with E-state index in [1.165, 1.54) is 0 Å². The third-order valence-electron chi connectivity index (χ3n) is 5.11. The zero-order valence-electron chi connectivity index (χ0n) is 15.6. The summed E-state index contributed by atoms with van der Waals surface area (Å²) in [6.07, 6.45) is -11.5. The second-order valence-corrected chi connectivity index (χ2v) is 7.06. The summed E-state index contributed by atoms with van der Waals surface area (Å²) in [6, 6.07) is 4.49. The van der Waals surface area contributed by atoms with Crippen LogP contribution in [0.5, 0.6) is 0 Å². The molecule has 11 heteroatoms. The van der Waals surface area contributed by atoms with Crippen LogP contribution in [-0.2, 0) is 12.0 Å². The summed E-state index contributed by atoms with van der Waals surface area (Å²) in [5.74, 6) is -3.43. The molecule has 1 amide bonds. The van der Waals surface area contributed by atoms with Gasteiger partial charge in [-0.3, -0.25) is 4.79 Å². The predicted molar refractivity (Wildman–Crippen MR) is 93.4 cm³/mol. The normalized spacial score (nSPS) is 15.5. The molecule has 31 heavy (non-hydrogen) atoms. The molecule has 1 aliphatic heterocycles. The summed E-state index contributed by atoms with van der Waals surface area (Å²) < 4.78 is 107. The average Bonchev–Trinajstić information content (AvgIpc) is 2.87. The number of benzene rings is 2. The van der Waals surface area contributed by atoms with Gasteiger partial charge in [-0.2, -0.15) is 26.3 Å². The highest BCUT2D eigenvalue weighted by Gasteiger charge is 2.71. The smallest absolute Gasteiger partial charge is 0.369 e. The average molecular weight is 453 g/mol. The van der Waals surface area contributed by atoms with Crippen molar-refractivity contribution < 1.29 is 45.0 Å². The van der Waals surface area contributed by atoms with Crippen molar-refractivity contribution in [3.8, 4) is 0 Å². The molecule has 0 fully saturated rings. The molecular weight excluding hydrogens is 438 g/mol. The number of hydrogen-bond donors (Lipinski definition) is 1. The summed E-state index contributed by atoms with van der Waals surface area (Å²) in [5, 5.41) is 9.62. The number of alkyl halides is 6. The van der Waals surface area contributed by atoms with Gasteiger partial charge >= 0.3 is 12.4 Å². The molecule has 168 valence electrons. The van der Waals surface area contributed by atoms with E-state index < -0.39 is 46.6 Å². The van der Waals surface area contributed by atoms with E-state index >= 15 is 0 Å². The molecule has 1 aliphatic rings. The molecule has 0 saturated heterocycles. The molecule has 0 unspecified atom stereocenters. The monoisotopic (exact) mass is 453 g/mol. The summed E-state index contributed by atoms with van der Waals surface area (Å²) in [4.78, 5) is 13.7. The third kappa shape index (κ3) is 3.86. The fourth-order valence-electron chi connectivity index (χ4n) is 3.52. The van der Waals surface area contributed by atoms with Crippen LogP contribution in [0.2, 0.25) is 0 Å². The summed E-state index contributed by atoms with van der Waals surface area (Å²) in [6.45, 7) is -0.0538. The Hall–Kier alpha value is -2.69. The van der Waals surface area contributed by atoms with Crippen LogP contribution in [0.25, 0.3) is 0 Å². The number of nitrogens with zero attached hydrogens (tertiary/aromatic N) is 1. The first-order chi connectivity index (χ1) is 14.3. The molecular formula is C20H15F8NO2. The second-order valence-electron chi connectivity index (χ2n) is 7.06. The Bertz CT molecular complexity index is 965. The lowest BCUT2D eigenvalue weighted by molar-refractivity contribution is -0.376. The number of anilines is 1. The number of aliphatic hydroxyl groups is 1. The number of fused-ring (bicyclic) bond motifs is 1. The van der Waals surface area contributed by atoms with Crippen molar-refractivity contribution in [1.82, 2.24) is 0 Å². The molecule has 2 aromatic rings. The van der Waals surface area contributed by atoms with Crippen LogP contribution >= 0.6 is 0 Å². The summed E-state index contributed by atoms with van der Waals surface area (Å²) in [5.41, 5.74) is -7.64. The van der Waals surface area contributed by atoms with Gasteiger partial charge in [0.15, 0.2) is 0 Å². The maximum absolute atomic E-state index is 14.0. The Morgan fingerprint density at radius 2 is 1.48 bits per heavy atom. The van der Waals surface area contributed by atoms with Crippen LogP contribution in [-0.4, -0.2) is 29.9 Å². The van der Waals surface area contributed by atoms with Crippen molar-refractivity contribution in [3.05, 3.63) is 64.7 Å². The van der Waals surface area contributed by atoms with Crippen LogP contribution in [0, 0.1) is 11.6 Å². The standard InChI is InChI=1S/C20H15F8NO2/c21-13-5-3-6-14(22)16(13)17(30)29-9-2-1-4-11-10-12(7-8-15(11)29)18(31,19(23,24)25)20(26,27)28/h3,5-8,10,31H,1-2,4,9H2. The van der Waals surface area contributed by atoms with Crippen LogP contribution < -0.4 is 4.90 Å². The van der Waals surface area contributed by atoms with Crippen molar-refractivity contribution in [2.24, 2.45) is 0 Å². The molecule has 1 heterocycles.